The number of aliphatic hydroxyl groups is 1. The van der Waals surface area contributed by atoms with E-state index in [2.05, 4.69) is 4.98 Å². The van der Waals surface area contributed by atoms with Crippen LogP contribution < -0.4 is 9.47 Å². The van der Waals surface area contributed by atoms with Gasteiger partial charge in [0.2, 0.25) is 0 Å². The zero-order valence-electron chi connectivity index (χ0n) is 12.1. The molecule has 0 radical (unpaired) electrons. The number of rotatable bonds is 8. The van der Waals surface area contributed by atoms with E-state index in [9.17, 15) is 5.11 Å². The second kappa shape index (κ2) is 8.26. The van der Waals surface area contributed by atoms with Crippen LogP contribution in [0, 0.1) is 6.92 Å². The Morgan fingerprint density at radius 2 is 1.90 bits per heavy atom. The number of thioether (sulfide) groups is 1. The minimum absolute atomic E-state index is 0.269. The molecule has 21 heavy (non-hydrogen) atoms. The van der Waals surface area contributed by atoms with Crippen molar-refractivity contribution in [3.63, 3.8) is 0 Å². The molecule has 1 aromatic heterocycles. The Morgan fingerprint density at radius 1 is 1.24 bits per heavy atom. The van der Waals surface area contributed by atoms with Crippen LogP contribution in [0.5, 0.6) is 11.5 Å². The van der Waals surface area contributed by atoms with E-state index in [1.807, 2.05) is 43.5 Å². The highest BCUT2D eigenvalue weighted by molar-refractivity contribution is 8.01. The van der Waals surface area contributed by atoms with Crippen LogP contribution in [-0.2, 0) is 0 Å². The van der Waals surface area contributed by atoms with E-state index in [1.165, 1.54) is 0 Å². The number of aliphatic hydroxyl groups excluding tert-OH is 1. The third-order valence-electron chi connectivity index (χ3n) is 2.57. The van der Waals surface area contributed by atoms with Gasteiger partial charge in [-0.15, -0.1) is 11.3 Å². The molecule has 2 aromatic rings. The Hall–Kier alpha value is -1.24. The van der Waals surface area contributed by atoms with Gasteiger partial charge >= 0.3 is 0 Å². The quantitative estimate of drug-likeness (QED) is 0.754. The summed E-state index contributed by atoms with van der Waals surface area (Å²) in [7, 11) is 0. The molecule has 0 aliphatic rings. The smallest absolute Gasteiger partial charge is 0.150 e. The van der Waals surface area contributed by atoms with Gasteiger partial charge in [0.25, 0.3) is 0 Å². The molecule has 1 aromatic carbocycles. The van der Waals surface area contributed by atoms with Crippen molar-refractivity contribution in [3.05, 3.63) is 35.3 Å². The molecule has 6 heteroatoms. The van der Waals surface area contributed by atoms with Crippen LogP contribution in [0.25, 0.3) is 0 Å². The van der Waals surface area contributed by atoms with Crippen LogP contribution in [0.3, 0.4) is 0 Å². The van der Waals surface area contributed by atoms with Gasteiger partial charge in [-0.1, -0.05) is 11.8 Å². The molecule has 1 unspecified atom stereocenters. The summed E-state index contributed by atoms with van der Waals surface area (Å²) in [6, 6.07) is 7.40. The average Bonchev–Trinajstić information content (AvgIpc) is 2.90. The summed E-state index contributed by atoms with van der Waals surface area (Å²) in [5.41, 5.74) is 1.02. The summed E-state index contributed by atoms with van der Waals surface area (Å²) in [5.74, 6) is 2.12. The number of ether oxygens (including phenoxy) is 2. The van der Waals surface area contributed by atoms with E-state index in [-0.39, 0.29) is 6.61 Å². The van der Waals surface area contributed by atoms with Crippen molar-refractivity contribution < 1.29 is 14.6 Å². The fourth-order valence-corrected chi connectivity index (χ4v) is 3.39. The maximum atomic E-state index is 9.92. The van der Waals surface area contributed by atoms with Crippen LogP contribution in [-0.4, -0.2) is 35.2 Å². The molecule has 2 rings (SSSR count). The summed E-state index contributed by atoms with van der Waals surface area (Å²) >= 11 is 3.15. The van der Waals surface area contributed by atoms with Crippen molar-refractivity contribution in [1.29, 1.82) is 0 Å². The number of benzene rings is 1. The fourth-order valence-electron chi connectivity index (χ4n) is 1.61. The summed E-state index contributed by atoms with van der Waals surface area (Å²) in [4.78, 5) is 4.34. The molecule has 0 spiro atoms. The van der Waals surface area contributed by atoms with Gasteiger partial charge in [-0.2, -0.15) is 0 Å². The molecule has 0 saturated heterocycles. The molecule has 0 aliphatic heterocycles. The van der Waals surface area contributed by atoms with Gasteiger partial charge in [0, 0.05) is 16.8 Å². The van der Waals surface area contributed by atoms with Crippen LogP contribution in [0.2, 0.25) is 0 Å². The predicted octanol–water partition coefficient (Wildman–Crippen LogP) is 3.38. The van der Waals surface area contributed by atoms with Gasteiger partial charge in [0.05, 0.1) is 12.7 Å². The molecule has 0 amide bonds. The van der Waals surface area contributed by atoms with Crippen molar-refractivity contribution in [2.75, 3.05) is 19.0 Å². The largest absolute Gasteiger partial charge is 0.494 e. The Morgan fingerprint density at radius 3 is 2.48 bits per heavy atom. The maximum Gasteiger partial charge on any atom is 0.150 e. The molecule has 0 bridgehead atoms. The van der Waals surface area contributed by atoms with Gasteiger partial charge in [-0.3, -0.25) is 0 Å². The highest BCUT2D eigenvalue weighted by Gasteiger charge is 2.08. The minimum atomic E-state index is -0.522. The zero-order chi connectivity index (χ0) is 15.1. The molecule has 1 atom stereocenters. The van der Waals surface area contributed by atoms with Gasteiger partial charge in [0.15, 0.2) is 0 Å². The number of aromatic nitrogens is 1. The van der Waals surface area contributed by atoms with Crippen molar-refractivity contribution >= 4 is 23.1 Å². The van der Waals surface area contributed by atoms with Crippen molar-refractivity contribution in [2.45, 2.75) is 24.3 Å². The third-order valence-corrected chi connectivity index (χ3v) is 4.86. The average molecular weight is 325 g/mol. The lowest BCUT2D eigenvalue weighted by atomic mass is 10.3. The first-order valence-corrected chi connectivity index (χ1v) is 8.62. The van der Waals surface area contributed by atoms with Crippen LogP contribution in [0.4, 0.5) is 0 Å². The molecule has 114 valence electrons. The van der Waals surface area contributed by atoms with E-state index in [1.54, 1.807) is 23.1 Å². The normalized spacial score (nSPS) is 12.1. The summed E-state index contributed by atoms with van der Waals surface area (Å²) < 4.78 is 11.9. The van der Waals surface area contributed by atoms with Gasteiger partial charge in [-0.25, -0.2) is 4.98 Å². The number of hydrogen-bond donors (Lipinski definition) is 1. The predicted molar refractivity (Wildman–Crippen MR) is 86.7 cm³/mol. The first kappa shape index (κ1) is 16.1. The molecule has 0 aliphatic carbocycles. The lowest BCUT2D eigenvalue weighted by Crippen LogP contribution is -2.20. The molecule has 1 heterocycles. The summed E-state index contributed by atoms with van der Waals surface area (Å²) in [5, 5.41) is 11.9. The van der Waals surface area contributed by atoms with Crippen LogP contribution >= 0.6 is 23.1 Å². The monoisotopic (exact) mass is 325 g/mol. The van der Waals surface area contributed by atoms with E-state index in [4.69, 9.17) is 9.47 Å². The number of aryl methyl sites for hydroxylation is 1. The number of thiazole rings is 1. The minimum Gasteiger partial charge on any atom is -0.494 e. The van der Waals surface area contributed by atoms with E-state index < -0.39 is 6.10 Å². The number of hydrogen-bond acceptors (Lipinski definition) is 6. The van der Waals surface area contributed by atoms with E-state index >= 15 is 0 Å². The maximum absolute atomic E-state index is 9.92. The first-order chi connectivity index (χ1) is 10.2. The van der Waals surface area contributed by atoms with Crippen molar-refractivity contribution in [3.8, 4) is 11.5 Å². The molecule has 1 N–H and O–H groups in total. The SMILES string of the molecule is CCOc1ccc(OCC(O)CSc2nc(C)cs2)cc1. The molecular weight excluding hydrogens is 306 g/mol. The standard InChI is InChI=1S/C15H19NO3S2/c1-3-18-13-4-6-14(7-5-13)19-8-12(17)10-21-15-16-11(2)9-20-15/h4-7,9,12,17H,3,8,10H2,1-2H3. The Bertz CT molecular complexity index is 542. The van der Waals surface area contributed by atoms with Crippen LogP contribution in [0.1, 0.15) is 12.6 Å². The van der Waals surface area contributed by atoms with Gasteiger partial charge < -0.3 is 14.6 Å². The Kier molecular flexibility index (Phi) is 6.35. The molecule has 4 nitrogen and oxygen atoms in total. The second-order valence-electron chi connectivity index (χ2n) is 4.44. The number of nitrogens with zero attached hydrogens (tertiary/aromatic N) is 1. The summed E-state index contributed by atoms with van der Waals surface area (Å²) in [6.07, 6.45) is -0.522. The van der Waals surface area contributed by atoms with E-state index in [0.29, 0.717) is 12.4 Å². The van der Waals surface area contributed by atoms with Gasteiger partial charge in [-0.05, 0) is 38.1 Å². The molecule has 0 saturated carbocycles. The van der Waals surface area contributed by atoms with Crippen molar-refractivity contribution in [1.82, 2.24) is 4.98 Å². The Balaban J connectivity index is 1.71. The highest BCUT2D eigenvalue weighted by atomic mass is 32.2. The van der Waals surface area contributed by atoms with Crippen LogP contribution in [0.15, 0.2) is 34.0 Å². The topological polar surface area (TPSA) is 51.6 Å². The molecule has 0 fully saturated rings. The lowest BCUT2D eigenvalue weighted by Gasteiger charge is -2.12. The second-order valence-corrected chi connectivity index (χ2v) is 6.56. The lowest BCUT2D eigenvalue weighted by molar-refractivity contribution is 0.126. The fraction of sp³-hybridized carbons (Fsp3) is 0.400. The summed E-state index contributed by atoms with van der Waals surface area (Å²) in [6.45, 7) is 4.83. The third kappa shape index (κ3) is 5.57. The van der Waals surface area contributed by atoms with E-state index in [0.717, 1.165) is 21.5 Å². The van der Waals surface area contributed by atoms with Gasteiger partial charge in [0.1, 0.15) is 22.4 Å². The molecular formula is C15H19NO3S2. The zero-order valence-corrected chi connectivity index (χ0v) is 13.7. The first-order valence-electron chi connectivity index (χ1n) is 6.76. The highest BCUT2D eigenvalue weighted by Crippen LogP contribution is 2.23. The Labute approximate surface area is 133 Å². The van der Waals surface area contributed by atoms with Crippen molar-refractivity contribution in [2.24, 2.45) is 0 Å².